The van der Waals surface area contributed by atoms with Crippen LogP contribution in [0.25, 0.3) is 0 Å². The summed E-state index contributed by atoms with van der Waals surface area (Å²) in [5.74, 6) is -0.545. The number of anilines is 3. The predicted octanol–water partition coefficient (Wildman–Crippen LogP) is 3.43. The molecule has 1 aromatic carbocycles. The average Bonchev–Trinajstić information content (AvgIpc) is 2.42. The molecular weight excluding hydrogens is 320 g/mol. The topological polar surface area (TPSA) is 86.0 Å². The number of hydrogen-bond acceptors (Lipinski definition) is 6. The number of nitrogen functional groups attached to an aromatic ring is 1. The van der Waals surface area contributed by atoms with Crippen LogP contribution in [0.2, 0.25) is 10.0 Å². The van der Waals surface area contributed by atoms with Crippen molar-refractivity contribution in [1.82, 2.24) is 15.0 Å². The first-order chi connectivity index (χ1) is 9.99. The summed E-state index contributed by atoms with van der Waals surface area (Å²) in [5.41, 5.74) is 5.99. The molecule has 0 aliphatic carbocycles. The van der Waals surface area contributed by atoms with Crippen molar-refractivity contribution in [3.05, 3.63) is 28.0 Å². The molecule has 1 heterocycles. The zero-order chi connectivity index (χ0) is 15.4. The molecule has 0 aliphatic rings. The Morgan fingerprint density at radius 1 is 1.24 bits per heavy atom. The number of aromatic nitrogens is 3. The molecule has 3 N–H and O–H groups in total. The summed E-state index contributed by atoms with van der Waals surface area (Å²) in [5, 5.41) is 2.58. The average molecular weight is 332 g/mol. The van der Waals surface area contributed by atoms with Gasteiger partial charge in [-0.15, -0.1) is 0 Å². The van der Waals surface area contributed by atoms with Gasteiger partial charge in [0.2, 0.25) is 11.9 Å². The maximum Gasteiger partial charge on any atom is 0.323 e. The van der Waals surface area contributed by atoms with Crippen LogP contribution in [-0.4, -0.2) is 21.6 Å². The van der Waals surface area contributed by atoms with Gasteiger partial charge in [0.05, 0.1) is 16.7 Å². The van der Waals surface area contributed by atoms with Crippen molar-refractivity contribution in [1.29, 1.82) is 0 Å². The minimum absolute atomic E-state index is 0.00194. The summed E-state index contributed by atoms with van der Waals surface area (Å²) in [6.45, 7) is 2.41. The molecule has 0 saturated carbocycles. The van der Waals surface area contributed by atoms with Gasteiger partial charge in [-0.3, -0.25) is 0 Å². The van der Waals surface area contributed by atoms with Gasteiger partial charge in [-0.2, -0.15) is 15.0 Å². The Morgan fingerprint density at radius 2 is 1.90 bits per heavy atom. The molecule has 0 unspecified atom stereocenters. The van der Waals surface area contributed by atoms with E-state index in [1.165, 1.54) is 12.1 Å². The molecule has 0 atom stereocenters. The lowest BCUT2D eigenvalue weighted by molar-refractivity contribution is 0.292. The molecular formula is C12H12Cl2FN5O. The molecule has 0 radical (unpaired) electrons. The highest BCUT2D eigenvalue weighted by Crippen LogP contribution is 2.28. The van der Waals surface area contributed by atoms with Gasteiger partial charge >= 0.3 is 6.01 Å². The first-order valence-electron chi connectivity index (χ1n) is 6.05. The third-order valence-electron chi connectivity index (χ3n) is 2.31. The van der Waals surface area contributed by atoms with Crippen LogP contribution in [-0.2, 0) is 0 Å². The van der Waals surface area contributed by atoms with Crippen LogP contribution in [0.5, 0.6) is 6.01 Å². The molecule has 112 valence electrons. The van der Waals surface area contributed by atoms with E-state index in [1.54, 1.807) is 0 Å². The Labute approximate surface area is 130 Å². The highest BCUT2D eigenvalue weighted by atomic mass is 35.5. The fourth-order valence-electron chi connectivity index (χ4n) is 1.44. The summed E-state index contributed by atoms with van der Waals surface area (Å²) in [6, 6.07) is 2.82. The van der Waals surface area contributed by atoms with Crippen LogP contribution in [0, 0.1) is 5.82 Å². The molecule has 6 nitrogen and oxygen atoms in total. The van der Waals surface area contributed by atoms with E-state index in [0.29, 0.717) is 12.3 Å². The Bertz CT molecular complexity index is 633. The van der Waals surface area contributed by atoms with Gasteiger partial charge in [-0.1, -0.05) is 30.1 Å². The fourth-order valence-corrected chi connectivity index (χ4v) is 1.93. The monoisotopic (exact) mass is 331 g/mol. The molecule has 0 bridgehead atoms. The predicted molar refractivity (Wildman–Crippen MR) is 79.7 cm³/mol. The first-order valence-corrected chi connectivity index (χ1v) is 6.81. The number of nitrogens with two attached hydrogens (primary N) is 1. The van der Waals surface area contributed by atoms with Crippen molar-refractivity contribution in [2.24, 2.45) is 0 Å². The van der Waals surface area contributed by atoms with Crippen molar-refractivity contribution < 1.29 is 9.13 Å². The van der Waals surface area contributed by atoms with Crippen molar-refractivity contribution in [3.63, 3.8) is 0 Å². The van der Waals surface area contributed by atoms with Crippen LogP contribution in [0.15, 0.2) is 12.1 Å². The number of halogens is 3. The van der Waals surface area contributed by atoms with Crippen LogP contribution >= 0.6 is 23.2 Å². The van der Waals surface area contributed by atoms with E-state index in [1.807, 2.05) is 6.92 Å². The Hall–Kier alpha value is -1.86. The zero-order valence-electron chi connectivity index (χ0n) is 11.0. The smallest absolute Gasteiger partial charge is 0.323 e. The Balaban J connectivity index is 2.24. The molecule has 0 spiro atoms. The SMILES string of the molecule is CCCOc1nc(N)nc(Nc2cc(Cl)c(F)c(Cl)c2)n1. The Kier molecular flexibility index (Phi) is 4.98. The van der Waals surface area contributed by atoms with E-state index in [4.69, 9.17) is 33.7 Å². The second kappa shape index (κ2) is 6.73. The van der Waals surface area contributed by atoms with E-state index < -0.39 is 5.82 Å². The van der Waals surface area contributed by atoms with Crippen molar-refractivity contribution >= 4 is 40.8 Å². The largest absolute Gasteiger partial charge is 0.463 e. The normalized spacial score (nSPS) is 10.5. The summed E-state index contributed by atoms with van der Waals surface area (Å²) >= 11 is 11.4. The van der Waals surface area contributed by atoms with Crippen molar-refractivity contribution in [3.8, 4) is 6.01 Å². The summed E-state index contributed by atoms with van der Waals surface area (Å²) in [6.07, 6.45) is 0.803. The van der Waals surface area contributed by atoms with Crippen LogP contribution in [0.3, 0.4) is 0 Å². The summed E-state index contributed by atoms with van der Waals surface area (Å²) in [4.78, 5) is 11.8. The lowest BCUT2D eigenvalue weighted by atomic mass is 10.3. The van der Waals surface area contributed by atoms with Gasteiger partial charge in [-0.25, -0.2) is 4.39 Å². The van der Waals surface area contributed by atoms with E-state index in [9.17, 15) is 4.39 Å². The maximum atomic E-state index is 13.3. The number of nitrogens with zero attached hydrogens (tertiary/aromatic N) is 3. The number of nitrogens with one attached hydrogen (secondary N) is 1. The number of ether oxygens (including phenoxy) is 1. The van der Waals surface area contributed by atoms with Crippen LogP contribution in [0.4, 0.5) is 22.0 Å². The second-order valence-electron chi connectivity index (χ2n) is 4.03. The third-order valence-corrected chi connectivity index (χ3v) is 2.86. The van der Waals surface area contributed by atoms with E-state index in [0.717, 1.165) is 6.42 Å². The van der Waals surface area contributed by atoms with Gasteiger partial charge in [0.1, 0.15) is 0 Å². The van der Waals surface area contributed by atoms with Crippen LogP contribution < -0.4 is 15.8 Å². The third kappa shape index (κ3) is 4.05. The standard InChI is InChI=1S/C12H12Cl2FN5O/c1-2-3-21-12-19-10(16)18-11(20-12)17-6-4-7(13)9(15)8(14)5-6/h4-5H,2-3H2,1H3,(H3,16,17,18,19,20). The number of hydrogen-bond donors (Lipinski definition) is 2. The summed E-state index contributed by atoms with van der Waals surface area (Å²) < 4.78 is 18.6. The number of rotatable bonds is 5. The van der Waals surface area contributed by atoms with E-state index in [2.05, 4.69) is 20.3 Å². The number of benzene rings is 1. The minimum atomic E-state index is -0.689. The van der Waals surface area contributed by atoms with E-state index in [-0.39, 0.29) is 28.0 Å². The summed E-state index contributed by atoms with van der Waals surface area (Å²) in [7, 11) is 0. The van der Waals surface area contributed by atoms with E-state index >= 15 is 0 Å². The van der Waals surface area contributed by atoms with Gasteiger partial charge < -0.3 is 15.8 Å². The molecule has 2 rings (SSSR count). The lowest BCUT2D eigenvalue weighted by Gasteiger charge is -2.09. The molecule has 2 aromatic rings. The molecule has 21 heavy (non-hydrogen) atoms. The first kappa shape index (κ1) is 15.5. The van der Waals surface area contributed by atoms with Crippen molar-refractivity contribution in [2.75, 3.05) is 17.7 Å². The zero-order valence-corrected chi connectivity index (χ0v) is 12.5. The maximum absolute atomic E-state index is 13.3. The molecule has 0 aliphatic heterocycles. The quantitative estimate of drug-likeness (QED) is 0.816. The highest BCUT2D eigenvalue weighted by Gasteiger charge is 2.10. The molecule has 0 fully saturated rings. The van der Waals surface area contributed by atoms with Gasteiger partial charge in [0.25, 0.3) is 0 Å². The van der Waals surface area contributed by atoms with Crippen LogP contribution in [0.1, 0.15) is 13.3 Å². The fraction of sp³-hybridized carbons (Fsp3) is 0.250. The van der Waals surface area contributed by atoms with Gasteiger partial charge in [0.15, 0.2) is 5.82 Å². The second-order valence-corrected chi connectivity index (χ2v) is 4.84. The molecule has 9 heteroatoms. The Morgan fingerprint density at radius 3 is 2.52 bits per heavy atom. The molecule has 1 aromatic heterocycles. The van der Waals surface area contributed by atoms with Gasteiger partial charge in [-0.05, 0) is 18.6 Å². The van der Waals surface area contributed by atoms with Crippen molar-refractivity contribution in [2.45, 2.75) is 13.3 Å². The minimum Gasteiger partial charge on any atom is -0.463 e. The molecule has 0 saturated heterocycles. The highest BCUT2D eigenvalue weighted by molar-refractivity contribution is 6.35. The van der Waals surface area contributed by atoms with Gasteiger partial charge in [0, 0.05) is 5.69 Å². The molecule has 0 amide bonds. The lowest BCUT2D eigenvalue weighted by Crippen LogP contribution is -2.07.